The molecule has 0 radical (unpaired) electrons. The van der Waals surface area contributed by atoms with E-state index in [-0.39, 0.29) is 38.6 Å². The Kier molecular flexibility index (Phi) is 43.0. The molecule has 0 aliphatic heterocycles. The zero-order valence-electron chi connectivity index (χ0n) is 40.9. The van der Waals surface area contributed by atoms with Gasteiger partial charge < -0.3 is 33.3 Å². The molecule has 2 unspecified atom stereocenters. The molecule has 0 aliphatic rings. The first-order valence-corrected chi connectivity index (χ1v) is 25.1. The molecule has 0 rings (SSSR count). The molecule has 0 N–H and O–H groups in total. The first kappa shape index (κ1) is 59.7. The van der Waals surface area contributed by atoms with Gasteiger partial charge >= 0.3 is 11.9 Å². The highest BCUT2D eigenvalue weighted by Crippen LogP contribution is 2.14. The van der Waals surface area contributed by atoms with E-state index in [1.165, 1.54) is 64.2 Å². The molecule has 0 saturated heterocycles. The van der Waals surface area contributed by atoms with E-state index in [9.17, 15) is 19.5 Å². The highest BCUT2D eigenvalue weighted by molar-refractivity contribution is 5.70. The minimum absolute atomic E-state index is 0.142. The maximum atomic E-state index is 12.8. The maximum absolute atomic E-state index is 12.8. The minimum Gasteiger partial charge on any atom is -0.545 e. The fourth-order valence-corrected chi connectivity index (χ4v) is 6.56. The van der Waals surface area contributed by atoms with Gasteiger partial charge in [-0.25, -0.2) is 0 Å². The second kappa shape index (κ2) is 45.3. The number of allylic oxidation sites excluding steroid dienone is 12. The summed E-state index contributed by atoms with van der Waals surface area (Å²) < 4.78 is 22.6. The number of rotatable bonds is 45. The van der Waals surface area contributed by atoms with E-state index in [0.717, 1.165) is 96.3 Å². The maximum Gasteiger partial charge on any atom is 0.306 e. The van der Waals surface area contributed by atoms with Crippen LogP contribution in [0.3, 0.4) is 0 Å². The summed E-state index contributed by atoms with van der Waals surface area (Å²) in [5.41, 5.74) is 0. The van der Waals surface area contributed by atoms with Crippen LogP contribution in [0.25, 0.3) is 0 Å². The van der Waals surface area contributed by atoms with Crippen molar-refractivity contribution in [2.75, 3.05) is 47.5 Å². The van der Waals surface area contributed by atoms with E-state index in [0.29, 0.717) is 17.4 Å². The summed E-state index contributed by atoms with van der Waals surface area (Å²) in [6.45, 7) is 4.59. The highest BCUT2D eigenvalue weighted by atomic mass is 16.7. The standard InChI is InChI=1S/C54H93NO8/c1-6-8-10-12-14-16-18-20-21-22-23-24-25-26-27-28-29-30-31-33-35-37-39-41-43-45-52(57)63-50(49-62-54(53(58)59)60-47-46-55(3,4)5)48-61-51(56)44-42-40-38-36-34-32-19-17-15-13-11-9-7-2/h8,10,14,16-17,19-21,23-24,26-27,50,54H,6-7,9,11-13,15,18,22,25,28-49H2,1-5H3/b10-8-,16-14-,19-17-,21-20-,24-23-,27-26-. The van der Waals surface area contributed by atoms with Crippen LogP contribution in [-0.2, 0) is 33.3 Å². The molecular formula is C54H93NO8. The van der Waals surface area contributed by atoms with Crippen LogP contribution in [0.1, 0.15) is 194 Å². The Morgan fingerprint density at radius 2 is 0.905 bits per heavy atom. The Morgan fingerprint density at radius 1 is 0.492 bits per heavy atom. The largest absolute Gasteiger partial charge is 0.545 e. The number of hydrogen-bond donors (Lipinski definition) is 0. The molecule has 63 heavy (non-hydrogen) atoms. The lowest BCUT2D eigenvalue weighted by Crippen LogP contribution is -2.44. The molecule has 9 heteroatoms. The van der Waals surface area contributed by atoms with Crippen molar-refractivity contribution in [3.63, 3.8) is 0 Å². The summed E-state index contributed by atoms with van der Waals surface area (Å²) in [6.07, 6.45) is 53.6. The zero-order chi connectivity index (χ0) is 46.3. The van der Waals surface area contributed by atoms with Crippen molar-refractivity contribution >= 4 is 17.9 Å². The predicted octanol–water partition coefficient (Wildman–Crippen LogP) is 12.6. The van der Waals surface area contributed by atoms with Gasteiger partial charge in [0.1, 0.15) is 13.2 Å². The Bertz CT molecular complexity index is 1260. The Hall–Kier alpha value is -3.27. The molecule has 0 bridgehead atoms. The highest BCUT2D eigenvalue weighted by Gasteiger charge is 2.21. The number of ether oxygens (including phenoxy) is 4. The SMILES string of the molecule is CC/C=C\C/C=C\C/C=C\C/C=C\C/C=C\CCCCCCCCCCCC(=O)OC(COC(=O)CCCCCCC/C=C\CCCCCC)COC(OCC[N+](C)(C)C)C(=O)[O-]. The van der Waals surface area contributed by atoms with E-state index < -0.39 is 24.3 Å². The monoisotopic (exact) mass is 884 g/mol. The first-order chi connectivity index (χ1) is 30.6. The van der Waals surface area contributed by atoms with E-state index in [1.54, 1.807) is 0 Å². The van der Waals surface area contributed by atoms with E-state index in [1.807, 2.05) is 21.1 Å². The zero-order valence-corrected chi connectivity index (χ0v) is 40.9. The molecule has 0 aromatic rings. The van der Waals surface area contributed by atoms with Crippen LogP contribution in [0.4, 0.5) is 0 Å². The van der Waals surface area contributed by atoms with Gasteiger partial charge in [-0.1, -0.05) is 170 Å². The Balaban J connectivity index is 4.34. The molecular weight excluding hydrogens is 791 g/mol. The van der Waals surface area contributed by atoms with Gasteiger partial charge in [0.2, 0.25) is 0 Å². The van der Waals surface area contributed by atoms with Gasteiger partial charge in [-0.2, -0.15) is 0 Å². The third-order valence-electron chi connectivity index (χ3n) is 10.4. The predicted molar refractivity (Wildman–Crippen MR) is 260 cm³/mol. The number of carbonyl (C=O) groups is 3. The van der Waals surface area contributed by atoms with Crippen molar-refractivity contribution in [3.8, 4) is 0 Å². The lowest BCUT2D eigenvalue weighted by molar-refractivity contribution is -0.870. The number of likely N-dealkylation sites (N-methyl/N-ethyl adjacent to an activating group) is 1. The van der Waals surface area contributed by atoms with Gasteiger partial charge in [0, 0.05) is 12.8 Å². The molecule has 2 atom stereocenters. The molecule has 0 aromatic carbocycles. The molecule has 0 heterocycles. The van der Waals surface area contributed by atoms with Crippen molar-refractivity contribution in [2.45, 2.75) is 206 Å². The summed E-state index contributed by atoms with van der Waals surface area (Å²) in [5.74, 6) is -2.31. The van der Waals surface area contributed by atoms with Gasteiger partial charge in [0.15, 0.2) is 12.4 Å². The molecule has 0 fully saturated rings. The van der Waals surface area contributed by atoms with Crippen molar-refractivity contribution in [1.82, 2.24) is 0 Å². The normalized spacial score (nSPS) is 13.5. The first-order valence-electron chi connectivity index (χ1n) is 25.1. The van der Waals surface area contributed by atoms with Crippen LogP contribution in [-0.4, -0.2) is 82.3 Å². The number of unbranched alkanes of at least 4 members (excludes halogenated alkanes) is 18. The summed E-state index contributed by atoms with van der Waals surface area (Å²) >= 11 is 0. The second-order valence-corrected chi connectivity index (χ2v) is 17.7. The number of hydrogen-bond acceptors (Lipinski definition) is 8. The van der Waals surface area contributed by atoms with Crippen molar-refractivity contribution in [3.05, 3.63) is 72.9 Å². The smallest absolute Gasteiger partial charge is 0.306 e. The van der Waals surface area contributed by atoms with Crippen LogP contribution in [0, 0.1) is 0 Å². The van der Waals surface area contributed by atoms with Crippen LogP contribution in [0.15, 0.2) is 72.9 Å². The van der Waals surface area contributed by atoms with E-state index >= 15 is 0 Å². The van der Waals surface area contributed by atoms with Gasteiger partial charge in [-0.05, 0) is 83.5 Å². The van der Waals surface area contributed by atoms with Crippen LogP contribution < -0.4 is 5.11 Å². The Labute approximate surface area is 386 Å². The lowest BCUT2D eigenvalue weighted by atomic mass is 10.1. The molecule has 0 aromatic heterocycles. The fourth-order valence-electron chi connectivity index (χ4n) is 6.56. The quantitative estimate of drug-likeness (QED) is 0.0195. The molecule has 0 amide bonds. The summed E-state index contributed by atoms with van der Waals surface area (Å²) in [4.78, 5) is 37.1. The average molecular weight is 884 g/mol. The van der Waals surface area contributed by atoms with Crippen LogP contribution in [0.5, 0.6) is 0 Å². The number of carboxylic acids is 1. The van der Waals surface area contributed by atoms with Crippen molar-refractivity contribution < 1.29 is 42.9 Å². The average Bonchev–Trinajstić information content (AvgIpc) is 3.24. The fraction of sp³-hybridized carbons (Fsp3) is 0.722. The van der Waals surface area contributed by atoms with Gasteiger partial charge in [-0.15, -0.1) is 0 Å². The van der Waals surface area contributed by atoms with Gasteiger partial charge in [0.05, 0.1) is 40.3 Å². The van der Waals surface area contributed by atoms with Crippen molar-refractivity contribution in [2.24, 2.45) is 0 Å². The number of carboxylic acid groups (broad SMARTS) is 1. The number of esters is 2. The third kappa shape index (κ3) is 46.5. The number of quaternary nitrogens is 1. The number of nitrogens with zero attached hydrogens (tertiary/aromatic N) is 1. The van der Waals surface area contributed by atoms with E-state index in [2.05, 4.69) is 86.8 Å². The van der Waals surface area contributed by atoms with Gasteiger partial charge in [-0.3, -0.25) is 9.59 Å². The topological polar surface area (TPSA) is 111 Å². The van der Waals surface area contributed by atoms with E-state index in [4.69, 9.17) is 18.9 Å². The summed E-state index contributed by atoms with van der Waals surface area (Å²) in [7, 11) is 5.90. The lowest BCUT2D eigenvalue weighted by Gasteiger charge is -2.26. The van der Waals surface area contributed by atoms with Crippen LogP contribution >= 0.6 is 0 Å². The summed E-state index contributed by atoms with van der Waals surface area (Å²) in [5, 5.41) is 11.7. The summed E-state index contributed by atoms with van der Waals surface area (Å²) in [6, 6.07) is 0. The number of aliphatic carboxylic acids is 1. The Morgan fingerprint density at radius 3 is 1.37 bits per heavy atom. The minimum atomic E-state index is -1.63. The van der Waals surface area contributed by atoms with Gasteiger partial charge in [0.25, 0.3) is 0 Å². The third-order valence-corrected chi connectivity index (χ3v) is 10.4. The molecule has 0 spiro atoms. The van der Waals surface area contributed by atoms with Crippen molar-refractivity contribution in [1.29, 1.82) is 0 Å². The molecule has 0 saturated carbocycles. The second-order valence-electron chi connectivity index (χ2n) is 17.7. The molecule has 0 aliphatic carbocycles. The van der Waals surface area contributed by atoms with Crippen LogP contribution in [0.2, 0.25) is 0 Å². The molecule has 9 nitrogen and oxygen atoms in total. The molecule has 362 valence electrons. The number of carbonyl (C=O) groups excluding carboxylic acids is 3.